The number of nitrogens with zero attached hydrogens (tertiary/aromatic N) is 3. The van der Waals surface area contributed by atoms with E-state index in [2.05, 4.69) is 10.1 Å². The minimum absolute atomic E-state index is 0.0186. The van der Waals surface area contributed by atoms with Gasteiger partial charge >= 0.3 is 0 Å². The van der Waals surface area contributed by atoms with E-state index in [9.17, 15) is 4.79 Å². The van der Waals surface area contributed by atoms with Gasteiger partial charge in [-0.25, -0.2) is 4.98 Å². The molecule has 0 aliphatic heterocycles. The molecule has 6 heteroatoms. The molecule has 0 bridgehead atoms. The average molecular weight is 315 g/mol. The number of hydrogen-bond donors (Lipinski definition) is 0. The SMILES string of the molecule is Cc1ccc2nc(SCc3c(C)noc3C)n(C)c(=O)c2c1. The standard InChI is InChI=1S/C16H17N3O2S/c1-9-5-6-14-12(7-9)15(20)19(4)16(17-14)22-8-13-10(2)18-21-11(13)3/h5-7H,8H2,1-4H3. The highest BCUT2D eigenvalue weighted by Crippen LogP contribution is 2.25. The van der Waals surface area contributed by atoms with Crippen molar-refractivity contribution in [3.63, 3.8) is 0 Å². The van der Waals surface area contributed by atoms with E-state index in [1.807, 2.05) is 39.0 Å². The normalized spacial score (nSPS) is 11.3. The van der Waals surface area contributed by atoms with Crippen molar-refractivity contribution in [3.8, 4) is 0 Å². The lowest BCUT2D eigenvalue weighted by atomic mass is 10.2. The molecule has 0 atom stereocenters. The summed E-state index contributed by atoms with van der Waals surface area (Å²) in [6.07, 6.45) is 0. The molecule has 0 fully saturated rings. The van der Waals surface area contributed by atoms with Crippen LogP contribution in [0.4, 0.5) is 0 Å². The van der Waals surface area contributed by atoms with Crippen molar-refractivity contribution >= 4 is 22.7 Å². The number of fused-ring (bicyclic) bond motifs is 1. The second-order valence-electron chi connectivity index (χ2n) is 5.37. The highest BCUT2D eigenvalue weighted by molar-refractivity contribution is 7.98. The van der Waals surface area contributed by atoms with Crippen LogP contribution in [-0.4, -0.2) is 14.7 Å². The molecule has 3 rings (SSSR count). The van der Waals surface area contributed by atoms with Crippen LogP contribution >= 0.6 is 11.8 Å². The molecule has 0 saturated carbocycles. The smallest absolute Gasteiger partial charge is 0.261 e. The molecule has 0 saturated heterocycles. The third-order valence-corrected chi connectivity index (χ3v) is 4.77. The summed E-state index contributed by atoms with van der Waals surface area (Å²) in [6, 6.07) is 5.75. The topological polar surface area (TPSA) is 60.9 Å². The second-order valence-corrected chi connectivity index (χ2v) is 6.31. The Labute approximate surface area is 132 Å². The van der Waals surface area contributed by atoms with Gasteiger partial charge in [0.15, 0.2) is 5.16 Å². The van der Waals surface area contributed by atoms with E-state index in [0.29, 0.717) is 16.3 Å². The van der Waals surface area contributed by atoms with Gasteiger partial charge in [0.2, 0.25) is 0 Å². The summed E-state index contributed by atoms with van der Waals surface area (Å²) in [5, 5.41) is 5.30. The number of benzene rings is 1. The van der Waals surface area contributed by atoms with Crippen LogP contribution in [0.25, 0.3) is 10.9 Å². The van der Waals surface area contributed by atoms with E-state index in [1.165, 1.54) is 11.8 Å². The highest BCUT2D eigenvalue weighted by atomic mass is 32.2. The lowest BCUT2D eigenvalue weighted by Gasteiger charge is -2.09. The fraction of sp³-hybridized carbons (Fsp3) is 0.312. The Kier molecular flexibility index (Phi) is 3.78. The van der Waals surface area contributed by atoms with Crippen molar-refractivity contribution in [3.05, 3.63) is 51.1 Å². The van der Waals surface area contributed by atoms with Crippen LogP contribution in [0.15, 0.2) is 32.7 Å². The maximum Gasteiger partial charge on any atom is 0.261 e. The lowest BCUT2D eigenvalue weighted by molar-refractivity contribution is 0.392. The predicted molar refractivity (Wildman–Crippen MR) is 87.3 cm³/mol. The van der Waals surface area contributed by atoms with Crippen molar-refractivity contribution in [1.82, 2.24) is 14.7 Å². The number of rotatable bonds is 3. The van der Waals surface area contributed by atoms with Gasteiger partial charge in [0.05, 0.1) is 16.6 Å². The highest BCUT2D eigenvalue weighted by Gasteiger charge is 2.13. The Morgan fingerprint density at radius 2 is 2.05 bits per heavy atom. The summed E-state index contributed by atoms with van der Waals surface area (Å²) in [5.41, 5.74) is 3.71. The Hall–Kier alpha value is -2.08. The van der Waals surface area contributed by atoms with Crippen molar-refractivity contribution in [2.75, 3.05) is 0 Å². The summed E-state index contributed by atoms with van der Waals surface area (Å²) < 4.78 is 6.77. The summed E-state index contributed by atoms with van der Waals surface area (Å²) in [7, 11) is 1.76. The maximum absolute atomic E-state index is 12.5. The van der Waals surface area contributed by atoms with Crippen LogP contribution in [0, 0.1) is 20.8 Å². The number of thioether (sulfide) groups is 1. The molecule has 0 amide bonds. The largest absolute Gasteiger partial charge is 0.361 e. The van der Waals surface area contributed by atoms with Gasteiger partial charge in [-0.05, 0) is 32.9 Å². The van der Waals surface area contributed by atoms with Gasteiger partial charge in [0, 0.05) is 18.4 Å². The Bertz CT molecular complexity index is 892. The lowest BCUT2D eigenvalue weighted by Crippen LogP contribution is -2.20. The van der Waals surface area contributed by atoms with Crippen LogP contribution in [0.3, 0.4) is 0 Å². The fourth-order valence-corrected chi connectivity index (χ4v) is 3.46. The molecular formula is C16H17N3O2S. The molecule has 3 aromatic rings. The van der Waals surface area contributed by atoms with Gasteiger partial charge < -0.3 is 4.52 Å². The third kappa shape index (κ3) is 2.54. The van der Waals surface area contributed by atoms with Crippen molar-refractivity contribution in [2.24, 2.45) is 7.05 Å². The van der Waals surface area contributed by atoms with E-state index < -0.39 is 0 Å². The van der Waals surface area contributed by atoms with E-state index in [1.54, 1.807) is 11.6 Å². The molecule has 2 aromatic heterocycles. The van der Waals surface area contributed by atoms with E-state index >= 15 is 0 Å². The fourth-order valence-electron chi connectivity index (χ4n) is 2.34. The zero-order valence-corrected chi connectivity index (χ0v) is 13.8. The molecular weight excluding hydrogens is 298 g/mol. The van der Waals surface area contributed by atoms with E-state index in [-0.39, 0.29) is 5.56 Å². The molecule has 5 nitrogen and oxygen atoms in total. The van der Waals surface area contributed by atoms with Crippen LogP contribution in [0.2, 0.25) is 0 Å². The predicted octanol–water partition coefficient (Wildman–Crippen LogP) is 3.14. The Balaban J connectivity index is 1.99. The van der Waals surface area contributed by atoms with E-state index in [4.69, 9.17) is 4.52 Å². The Morgan fingerprint density at radius 1 is 1.27 bits per heavy atom. The minimum Gasteiger partial charge on any atom is -0.361 e. The first-order chi connectivity index (χ1) is 10.5. The summed E-state index contributed by atoms with van der Waals surface area (Å²) in [4.78, 5) is 17.1. The maximum atomic E-state index is 12.5. The molecule has 0 N–H and O–H groups in total. The molecule has 114 valence electrons. The molecule has 1 aromatic carbocycles. The van der Waals surface area contributed by atoms with Gasteiger partial charge in [-0.2, -0.15) is 0 Å². The van der Waals surface area contributed by atoms with Crippen molar-refractivity contribution < 1.29 is 4.52 Å². The van der Waals surface area contributed by atoms with Gasteiger partial charge in [-0.1, -0.05) is 28.5 Å². The molecule has 0 spiro atoms. The molecule has 0 unspecified atom stereocenters. The monoisotopic (exact) mass is 315 g/mol. The molecule has 22 heavy (non-hydrogen) atoms. The zero-order valence-electron chi connectivity index (χ0n) is 13.0. The second kappa shape index (κ2) is 5.61. The van der Waals surface area contributed by atoms with Crippen LogP contribution in [-0.2, 0) is 12.8 Å². The van der Waals surface area contributed by atoms with Crippen LogP contribution < -0.4 is 5.56 Å². The molecule has 2 heterocycles. The van der Waals surface area contributed by atoms with E-state index in [0.717, 1.165) is 28.1 Å². The quantitative estimate of drug-likeness (QED) is 0.549. The van der Waals surface area contributed by atoms with Gasteiger partial charge in [-0.15, -0.1) is 0 Å². The summed E-state index contributed by atoms with van der Waals surface area (Å²) in [5.74, 6) is 1.49. The minimum atomic E-state index is -0.0186. The first-order valence-electron chi connectivity index (χ1n) is 6.99. The van der Waals surface area contributed by atoms with Gasteiger partial charge in [0.25, 0.3) is 5.56 Å². The molecule has 0 radical (unpaired) electrons. The van der Waals surface area contributed by atoms with Crippen molar-refractivity contribution in [1.29, 1.82) is 0 Å². The first-order valence-corrected chi connectivity index (χ1v) is 7.98. The van der Waals surface area contributed by atoms with Crippen LogP contribution in [0.1, 0.15) is 22.6 Å². The first kappa shape index (κ1) is 14.8. The van der Waals surface area contributed by atoms with Crippen LogP contribution in [0.5, 0.6) is 0 Å². The molecule has 0 aliphatic carbocycles. The number of aryl methyl sites for hydroxylation is 3. The number of aromatic nitrogens is 3. The third-order valence-electron chi connectivity index (χ3n) is 3.72. The zero-order chi connectivity index (χ0) is 15.9. The number of hydrogen-bond acceptors (Lipinski definition) is 5. The van der Waals surface area contributed by atoms with Gasteiger partial charge in [-0.3, -0.25) is 9.36 Å². The molecule has 0 aliphatic rings. The summed E-state index contributed by atoms with van der Waals surface area (Å²) >= 11 is 1.52. The van der Waals surface area contributed by atoms with Gasteiger partial charge in [0.1, 0.15) is 5.76 Å². The summed E-state index contributed by atoms with van der Waals surface area (Å²) in [6.45, 7) is 5.78. The Morgan fingerprint density at radius 3 is 2.73 bits per heavy atom. The average Bonchev–Trinajstić information content (AvgIpc) is 2.81. The van der Waals surface area contributed by atoms with Crippen molar-refractivity contribution in [2.45, 2.75) is 31.7 Å².